The molecule has 7 heteroatoms. The fraction of sp³-hybridized carbons (Fsp3) is 0.120. The highest BCUT2D eigenvalue weighted by molar-refractivity contribution is 6.06. The van der Waals surface area contributed by atoms with Gasteiger partial charge in [0.05, 0.1) is 17.6 Å². The van der Waals surface area contributed by atoms with E-state index in [1.54, 1.807) is 4.57 Å². The molecule has 0 unspecified atom stereocenters. The Kier molecular flexibility index (Phi) is 5.09. The summed E-state index contributed by atoms with van der Waals surface area (Å²) in [4.78, 5) is 20.0. The number of hydrogen-bond acceptors (Lipinski definition) is 5. The first kappa shape index (κ1) is 19.8. The molecular weight excluding hydrogens is 402 g/mol. The standard InChI is InChI=1S/C25H23N5O2/c1-27-14-16-6-10-18(11-7-16)32-19-12-8-17(9-13-19)15-30-23-20-4-2-3-5-21(20)28-24(26)22(23)29-25(30)31/h2-13,27H,14-15H2,1H3,(H2,26,28)(H,29,31). The monoisotopic (exact) mass is 425 g/mol. The second kappa shape index (κ2) is 8.20. The van der Waals surface area contributed by atoms with Crippen LogP contribution in [0.4, 0.5) is 5.82 Å². The molecule has 0 radical (unpaired) electrons. The Bertz CT molecular complexity index is 1450. The van der Waals surface area contributed by atoms with Crippen molar-refractivity contribution in [1.29, 1.82) is 0 Å². The van der Waals surface area contributed by atoms with Gasteiger partial charge in [-0.1, -0.05) is 42.5 Å². The SMILES string of the molecule is CNCc1ccc(Oc2ccc(Cn3c(=O)[nH]c4c(N)nc5ccccc5c43)cc2)cc1. The lowest BCUT2D eigenvalue weighted by Gasteiger charge is -2.09. The van der Waals surface area contributed by atoms with E-state index in [0.29, 0.717) is 17.9 Å². The lowest BCUT2D eigenvalue weighted by molar-refractivity contribution is 0.482. The van der Waals surface area contributed by atoms with Crippen molar-refractivity contribution in [1.82, 2.24) is 19.9 Å². The van der Waals surface area contributed by atoms with E-state index in [-0.39, 0.29) is 5.69 Å². The molecule has 4 N–H and O–H groups in total. The van der Waals surface area contributed by atoms with Crippen molar-refractivity contribution in [2.45, 2.75) is 13.1 Å². The minimum Gasteiger partial charge on any atom is -0.457 e. The van der Waals surface area contributed by atoms with E-state index in [4.69, 9.17) is 10.5 Å². The first-order valence-corrected chi connectivity index (χ1v) is 10.4. The molecule has 0 saturated carbocycles. The quantitative estimate of drug-likeness (QED) is 0.382. The second-order valence-electron chi connectivity index (χ2n) is 7.67. The highest BCUT2D eigenvalue weighted by Crippen LogP contribution is 2.27. The van der Waals surface area contributed by atoms with E-state index in [2.05, 4.69) is 15.3 Å². The molecule has 0 aliphatic rings. The highest BCUT2D eigenvalue weighted by Gasteiger charge is 2.14. The summed E-state index contributed by atoms with van der Waals surface area (Å²) in [6.45, 7) is 1.23. The Morgan fingerprint density at radius 3 is 2.31 bits per heavy atom. The first-order chi connectivity index (χ1) is 15.6. The molecule has 0 fully saturated rings. The average Bonchev–Trinajstić information content (AvgIpc) is 3.13. The Hall–Kier alpha value is -4.10. The summed E-state index contributed by atoms with van der Waals surface area (Å²) < 4.78 is 7.65. The van der Waals surface area contributed by atoms with Crippen LogP contribution in [-0.2, 0) is 13.1 Å². The summed E-state index contributed by atoms with van der Waals surface area (Å²) >= 11 is 0. The zero-order chi connectivity index (χ0) is 22.1. The predicted octanol–water partition coefficient (Wildman–Crippen LogP) is 4.02. The minimum atomic E-state index is -0.216. The van der Waals surface area contributed by atoms with E-state index < -0.39 is 0 Å². The van der Waals surface area contributed by atoms with Crippen molar-refractivity contribution >= 4 is 27.8 Å². The van der Waals surface area contributed by atoms with Crippen LogP contribution in [-0.4, -0.2) is 21.6 Å². The minimum absolute atomic E-state index is 0.216. The number of nitrogen functional groups attached to an aromatic ring is 1. The molecule has 0 spiro atoms. The molecule has 0 bridgehead atoms. The summed E-state index contributed by atoms with van der Waals surface area (Å²) in [7, 11) is 1.92. The highest BCUT2D eigenvalue weighted by atomic mass is 16.5. The van der Waals surface area contributed by atoms with Crippen LogP contribution in [0, 0.1) is 0 Å². The van der Waals surface area contributed by atoms with Gasteiger partial charge < -0.3 is 20.8 Å². The van der Waals surface area contributed by atoms with Gasteiger partial charge in [-0.25, -0.2) is 9.78 Å². The number of ether oxygens (including phenoxy) is 1. The Morgan fingerprint density at radius 2 is 1.62 bits per heavy atom. The van der Waals surface area contributed by atoms with Gasteiger partial charge in [-0.2, -0.15) is 0 Å². The normalized spacial score (nSPS) is 11.3. The Labute approximate surface area is 184 Å². The Morgan fingerprint density at radius 1 is 0.969 bits per heavy atom. The summed E-state index contributed by atoms with van der Waals surface area (Å²) in [5.41, 5.74) is 10.1. The number of nitrogens with one attached hydrogen (secondary N) is 2. The van der Waals surface area contributed by atoms with Gasteiger partial charge >= 0.3 is 5.69 Å². The number of nitrogens with zero attached hydrogens (tertiary/aromatic N) is 2. The summed E-state index contributed by atoms with van der Waals surface area (Å²) in [6, 6.07) is 23.4. The summed E-state index contributed by atoms with van der Waals surface area (Å²) in [5, 5.41) is 4.01. The molecule has 2 aromatic heterocycles. The third-order valence-corrected chi connectivity index (χ3v) is 5.44. The molecule has 0 saturated heterocycles. The van der Waals surface area contributed by atoms with Crippen LogP contribution in [0.25, 0.3) is 21.9 Å². The number of hydrogen-bond donors (Lipinski definition) is 3. The fourth-order valence-electron chi connectivity index (χ4n) is 3.90. The molecule has 5 rings (SSSR count). The van der Waals surface area contributed by atoms with Crippen LogP contribution in [0.3, 0.4) is 0 Å². The van der Waals surface area contributed by atoms with Gasteiger partial charge in [0.2, 0.25) is 0 Å². The van der Waals surface area contributed by atoms with Gasteiger partial charge in [0.1, 0.15) is 22.8 Å². The van der Waals surface area contributed by atoms with Crippen LogP contribution in [0.1, 0.15) is 11.1 Å². The van der Waals surface area contributed by atoms with Gasteiger partial charge in [-0.15, -0.1) is 0 Å². The predicted molar refractivity (Wildman–Crippen MR) is 127 cm³/mol. The topological polar surface area (TPSA) is 98.0 Å². The molecular formula is C25H23N5O2. The van der Waals surface area contributed by atoms with E-state index in [9.17, 15) is 4.79 Å². The molecule has 32 heavy (non-hydrogen) atoms. The number of rotatable bonds is 6. The molecule has 0 atom stereocenters. The van der Waals surface area contributed by atoms with Crippen LogP contribution >= 0.6 is 0 Å². The lowest BCUT2D eigenvalue weighted by Crippen LogP contribution is -2.17. The smallest absolute Gasteiger partial charge is 0.326 e. The van der Waals surface area contributed by atoms with Crippen molar-refractivity contribution in [3.8, 4) is 11.5 Å². The molecule has 7 nitrogen and oxygen atoms in total. The first-order valence-electron chi connectivity index (χ1n) is 10.4. The van der Waals surface area contributed by atoms with E-state index in [0.717, 1.165) is 40.0 Å². The molecule has 0 aliphatic carbocycles. The number of fused-ring (bicyclic) bond motifs is 3. The Balaban J connectivity index is 1.42. The number of aromatic nitrogens is 3. The zero-order valence-corrected chi connectivity index (χ0v) is 17.6. The number of aromatic amines is 1. The van der Waals surface area contributed by atoms with Crippen LogP contribution in [0.5, 0.6) is 11.5 Å². The van der Waals surface area contributed by atoms with Gasteiger partial charge in [0.25, 0.3) is 0 Å². The largest absolute Gasteiger partial charge is 0.457 e. The molecule has 2 heterocycles. The van der Waals surface area contributed by atoms with E-state index >= 15 is 0 Å². The number of nitrogens with two attached hydrogens (primary N) is 1. The fourth-order valence-corrected chi connectivity index (χ4v) is 3.90. The molecule has 160 valence electrons. The lowest BCUT2D eigenvalue weighted by atomic mass is 10.1. The van der Waals surface area contributed by atoms with Crippen molar-refractivity contribution in [2.75, 3.05) is 12.8 Å². The van der Waals surface area contributed by atoms with Gasteiger partial charge in [0, 0.05) is 11.9 Å². The van der Waals surface area contributed by atoms with Gasteiger partial charge in [-0.3, -0.25) is 4.57 Å². The molecule has 5 aromatic rings. The third kappa shape index (κ3) is 3.70. The summed E-state index contributed by atoms with van der Waals surface area (Å²) in [5.74, 6) is 1.83. The van der Waals surface area contributed by atoms with E-state index in [1.165, 1.54) is 5.56 Å². The number of pyridine rings is 1. The van der Waals surface area contributed by atoms with Gasteiger partial charge in [0.15, 0.2) is 0 Å². The van der Waals surface area contributed by atoms with Gasteiger partial charge in [-0.05, 0) is 48.5 Å². The maximum Gasteiger partial charge on any atom is 0.326 e. The zero-order valence-electron chi connectivity index (χ0n) is 17.6. The number of anilines is 1. The van der Waals surface area contributed by atoms with E-state index in [1.807, 2.05) is 79.8 Å². The molecule has 0 amide bonds. The van der Waals surface area contributed by atoms with Crippen molar-refractivity contribution < 1.29 is 4.74 Å². The van der Waals surface area contributed by atoms with Crippen LogP contribution < -0.4 is 21.5 Å². The number of imidazole rings is 1. The van der Waals surface area contributed by atoms with Crippen molar-refractivity contribution in [2.24, 2.45) is 0 Å². The second-order valence-corrected chi connectivity index (χ2v) is 7.67. The average molecular weight is 425 g/mol. The summed E-state index contributed by atoms with van der Waals surface area (Å²) in [6.07, 6.45) is 0. The van der Waals surface area contributed by atoms with Crippen LogP contribution in [0.2, 0.25) is 0 Å². The number of H-pyrrole nitrogens is 1. The maximum atomic E-state index is 12.7. The molecule has 3 aromatic carbocycles. The third-order valence-electron chi connectivity index (χ3n) is 5.44. The molecule has 0 aliphatic heterocycles. The number of para-hydroxylation sites is 1. The van der Waals surface area contributed by atoms with Crippen LogP contribution in [0.15, 0.2) is 77.6 Å². The number of benzene rings is 3. The van der Waals surface area contributed by atoms with Crippen molar-refractivity contribution in [3.05, 3.63) is 94.4 Å². The maximum absolute atomic E-state index is 12.7. The van der Waals surface area contributed by atoms with Crippen molar-refractivity contribution in [3.63, 3.8) is 0 Å².